The van der Waals surface area contributed by atoms with Crippen molar-refractivity contribution in [3.63, 3.8) is 0 Å². The molecule has 0 rings (SSSR count). The van der Waals surface area contributed by atoms with Crippen molar-refractivity contribution >= 4 is 55.8 Å². The second-order valence-corrected chi connectivity index (χ2v) is 2.73. The van der Waals surface area contributed by atoms with E-state index in [4.69, 9.17) is 0 Å². The first-order chi connectivity index (χ1) is 1.41. The maximum absolute atomic E-state index is 3.06. The molecule has 0 aromatic rings. The molecule has 0 nitrogen and oxygen atoms in total. The highest BCUT2D eigenvalue weighted by Gasteiger charge is 1.41. The Morgan fingerprint density at radius 2 is 1.25 bits per heavy atom. The molecule has 0 aliphatic carbocycles. The van der Waals surface area contributed by atoms with Crippen LogP contribution in [0.4, 0.5) is 0 Å². The lowest BCUT2D eigenvalue weighted by Crippen LogP contribution is -1.19. The van der Waals surface area contributed by atoms with Crippen LogP contribution in [-0.2, 0) is 0 Å². The predicted molar refractivity (Wildman–Crippen MR) is 38.1 cm³/mol. The van der Waals surface area contributed by atoms with Gasteiger partial charge in [-0.05, 0) is 0 Å². The molecule has 0 aliphatic heterocycles. The molecule has 0 aromatic heterocycles. The van der Waals surface area contributed by atoms with Gasteiger partial charge >= 0.3 is 0 Å². The van der Waals surface area contributed by atoms with E-state index in [-0.39, 0.29) is 24.0 Å². The van der Waals surface area contributed by atoms with Gasteiger partial charge in [-0.15, -0.1) is 24.0 Å². The third kappa shape index (κ3) is 9.35. The molecule has 0 atom stereocenters. The fourth-order valence-corrected chi connectivity index (χ4v) is 0. The van der Waals surface area contributed by atoms with Crippen molar-refractivity contribution in [2.45, 2.75) is 0 Å². The molecule has 0 N–H and O–H groups in total. The van der Waals surface area contributed by atoms with Gasteiger partial charge in [-0.1, -0.05) is 31.9 Å². The van der Waals surface area contributed by atoms with Gasteiger partial charge in [0.25, 0.3) is 0 Å². The molecule has 0 aliphatic rings. The highest BCUT2D eigenvalue weighted by atomic mass is 127. The van der Waals surface area contributed by atoms with Gasteiger partial charge in [-0.3, -0.25) is 0 Å². The summed E-state index contributed by atoms with van der Waals surface area (Å²) in [6.07, 6.45) is 0. The van der Waals surface area contributed by atoms with Crippen molar-refractivity contribution in [3.05, 3.63) is 0 Å². The number of alkyl halides is 2. The van der Waals surface area contributed by atoms with Crippen LogP contribution in [0.15, 0.2) is 0 Å². The largest absolute Gasteiger partial charge is 0.107 e. The van der Waals surface area contributed by atoms with Crippen molar-refractivity contribution in [3.8, 4) is 0 Å². The van der Waals surface area contributed by atoms with Crippen LogP contribution < -0.4 is 0 Å². The molecule has 0 radical (unpaired) electrons. The van der Waals surface area contributed by atoms with Gasteiger partial charge in [0.2, 0.25) is 0 Å². The molecule has 0 spiro atoms. The van der Waals surface area contributed by atoms with E-state index in [1.54, 1.807) is 0 Å². The Morgan fingerprint density at radius 3 is 1.25 bits per heavy atom. The topological polar surface area (TPSA) is 0 Å². The average molecular weight is 302 g/mol. The van der Waals surface area contributed by atoms with E-state index in [1.165, 1.54) is 0 Å². The third-order valence-electron chi connectivity index (χ3n) is 0. The monoisotopic (exact) mass is 300 g/mol. The quantitative estimate of drug-likeness (QED) is 0.476. The molecule has 4 heavy (non-hydrogen) atoms. The predicted octanol–water partition coefficient (Wildman–Crippen LogP) is 2.35. The van der Waals surface area contributed by atoms with Crippen molar-refractivity contribution in [2.75, 3.05) is 4.24 Å². The van der Waals surface area contributed by atoms with Crippen LogP contribution in [0, 0.1) is 0 Å². The van der Waals surface area contributed by atoms with Crippen molar-refractivity contribution in [1.29, 1.82) is 0 Å². The van der Waals surface area contributed by atoms with E-state index in [0.29, 0.717) is 0 Å². The maximum atomic E-state index is 3.06. The normalized spacial score (nSPS) is 4.50. The Bertz CT molecular complexity index is 6.00. The first-order valence-corrected chi connectivity index (χ1v) is 2.78. The molecule has 0 aromatic carbocycles. The van der Waals surface area contributed by atoms with Gasteiger partial charge in [0.1, 0.15) is 0 Å². The highest BCUT2D eigenvalue weighted by molar-refractivity contribution is 14.0. The average Bonchev–Trinajstić information content (AvgIpc) is 0.918. The highest BCUT2D eigenvalue weighted by Crippen LogP contribution is 1.83. The van der Waals surface area contributed by atoms with Gasteiger partial charge in [0.05, 0.1) is 4.24 Å². The standard InChI is InChI=1S/CH2Br2.HI/c2-1-3;/h1H2;1H. The smallest absolute Gasteiger partial charge is 0.0588 e. The lowest BCUT2D eigenvalue weighted by molar-refractivity contribution is 2.44. The lowest BCUT2D eigenvalue weighted by atomic mass is 12.0. The van der Waals surface area contributed by atoms with Crippen molar-refractivity contribution in [1.82, 2.24) is 0 Å². The molecule has 0 unspecified atom stereocenters. The van der Waals surface area contributed by atoms with Crippen LogP contribution in [0.25, 0.3) is 0 Å². The first kappa shape index (κ1) is 9.19. The van der Waals surface area contributed by atoms with Crippen LogP contribution in [0.1, 0.15) is 0 Å². The van der Waals surface area contributed by atoms with Crippen LogP contribution in [0.5, 0.6) is 0 Å². The Hall–Kier alpha value is 1.69. The first-order valence-electron chi connectivity index (χ1n) is 0.535. The minimum absolute atomic E-state index is 0. The van der Waals surface area contributed by atoms with Crippen molar-refractivity contribution < 1.29 is 0 Å². The summed E-state index contributed by atoms with van der Waals surface area (Å²) in [5, 5.41) is 0. The molecular formula is CH3Br2I. The number of hydrogen-bond donors (Lipinski definition) is 0. The van der Waals surface area contributed by atoms with Crippen molar-refractivity contribution in [2.24, 2.45) is 0 Å². The lowest BCUT2D eigenvalue weighted by Gasteiger charge is -1.43. The van der Waals surface area contributed by atoms with Gasteiger partial charge in [-0.2, -0.15) is 0 Å². The maximum Gasteiger partial charge on any atom is 0.0588 e. The summed E-state index contributed by atoms with van der Waals surface area (Å²) >= 11 is 6.12. The molecule has 3 heteroatoms. The molecular weight excluding hydrogens is 299 g/mol. The van der Waals surface area contributed by atoms with E-state index < -0.39 is 0 Å². The number of hydrogen-bond acceptors (Lipinski definition) is 0. The zero-order valence-electron chi connectivity index (χ0n) is 1.87. The zero-order chi connectivity index (χ0) is 2.71. The molecule has 0 heterocycles. The van der Waals surface area contributed by atoms with Gasteiger partial charge < -0.3 is 0 Å². The van der Waals surface area contributed by atoms with E-state index in [1.807, 2.05) is 0 Å². The Labute approximate surface area is 59.6 Å². The summed E-state index contributed by atoms with van der Waals surface area (Å²) in [6, 6.07) is 0. The fraction of sp³-hybridized carbons (Fsp3) is 1.00. The van der Waals surface area contributed by atoms with Crippen LogP contribution in [0.2, 0.25) is 0 Å². The summed E-state index contributed by atoms with van der Waals surface area (Å²) in [5.41, 5.74) is 0. The summed E-state index contributed by atoms with van der Waals surface area (Å²) in [4.78, 5) is 0. The molecule has 0 fully saturated rings. The number of rotatable bonds is 0. The summed E-state index contributed by atoms with van der Waals surface area (Å²) in [6.45, 7) is 0. The van der Waals surface area contributed by atoms with E-state index in [9.17, 15) is 0 Å². The number of halogens is 3. The van der Waals surface area contributed by atoms with Gasteiger partial charge in [-0.25, -0.2) is 0 Å². The molecule has 0 bridgehead atoms. The minimum Gasteiger partial charge on any atom is -0.107 e. The molecule has 0 saturated carbocycles. The Kier molecular flexibility index (Phi) is 20.3. The zero-order valence-corrected chi connectivity index (χ0v) is 7.37. The minimum atomic E-state index is 0. The summed E-state index contributed by atoms with van der Waals surface area (Å²) in [7, 11) is 0. The fourth-order valence-electron chi connectivity index (χ4n) is 0. The van der Waals surface area contributed by atoms with Crippen LogP contribution in [0.3, 0.4) is 0 Å². The SMILES string of the molecule is BrCBr.I. The third-order valence-corrected chi connectivity index (χ3v) is 0. The van der Waals surface area contributed by atoms with Gasteiger partial charge in [0.15, 0.2) is 0 Å². The molecule has 0 saturated heterocycles. The molecule has 0 amide bonds. The Morgan fingerprint density at radius 1 is 1.25 bits per heavy atom. The van der Waals surface area contributed by atoms with Crippen LogP contribution >= 0.6 is 55.8 Å². The van der Waals surface area contributed by atoms with E-state index in [2.05, 4.69) is 31.9 Å². The van der Waals surface area contributed by atoms with Crippen LogP contribution in [-0.4, -0.2) is 4.24 Å². The van der Waals surface area contributed by atoms with Gasteiger partial charge in [0, 0.05) is 0 Å². The summed E-state index contributed by atoms with van der Waals surface area (Å²) < 4.78 is 0.875. The summed E-state index contributed by atoms with van der Waals surface area (Å²) in [5.74, 6) is 0. The van der Waals surface area contributed by atoms with E-state index >= 15 is 0 Å². The second kappa shape index (κ2) is 8.83. The van der Waals surface area contributed by atoms with E-state index in [0.717, 1.165) is 4.24 Å². The second-order valence-electron chi connectivity index (χ2n) is 0.101. The Balaban J connectivity index is 0. The molecule has 28 valence electrons.